The summed E-state index contributed by atoms with van der Waals surface area (Å²) in [6.07, 6.45) is 3.21. The Balaban J connectivity index is 2.48. The van der Waals surface area contributed by atoms with Crippen LogP contribution < -0.4 is 5.32 Å². The van der Waals surface area contributed by atoms with Crippen LogP contribution in [0.1, 0.15) is 48.8 Å². The summed E-state index contributed by atoms with van der Waals surface area (Å²) in [6.45, 7) is 6.29. The molecule has 0 radical (unpaired) electrons. The fourth-order valence-electron chi connectivity index (χ4n) is 2.46. The van der Waals surface area contributed by atoms with Crippen molar-refractivity contribution in [1.29, 1.82) is 0 Å². The average Bonchev–Trinajstić information content (AvgIpc) is 2.95. The minimum absolute atomic E-state index is 0.313. The normalized spacial score (nSPS) is 12.6. The molecule has 1 atom stereocenters. The van der Waals surface area contributed by atoms with Gasteiger partial charge in [-0.3, -0.25) is 0 Å². The quantitative estimate of drug-likeness (QED) is 0.847. The summed E-state index contributed by atoms with van der Waals surface area (Å²) >= 11 is 0. The lowest BCUT2D eigenvalue weighted by atomic mass is 9.96. The molecule has 2 aromatic rings. The van der Waals surface area contributed by atoms with Gasteiger partial charge in [-0.05, 0) is 31.5 Å². The Morgan fingerprint density at radius 1 is 1.10 bits per heavy atom. The first kappa shape index (κ1) is 15.7. The fourth-order valence-corrected chi connectivity index (χ4v) is 2.46. The van der Waals surface area contributed by atoms with Crippen molar-refractivity contribution < 1.29 is 13.2 Å². The monoisotopic (exact) mass is 293 g/mol. The lowest BCUT2D eigenvalue weighted by Gasteiger charge is -2.20. The van der Waals surface area contributed by atoms with Gasteiger partial charge in [-0.1, -0.05) is 26.0 Å². The highest BCUT2D eigenvalue weighted by molar-refractivity contribution is 5.36. The standard InChI is InChI=1S/C17H21F2NO/c1-4-9-20-17(12-8-10-21-14(12)5-2)13-7-6-11(3)15(18)16(13)19/h6-8,10,17,20H,4-5,9H2,1-3H3. The molecular weight excluding hydrogens is 272 g/mol. The minimum atomic E-state index is -0.785. The van der Waals surface area contributed by atoms with Crippen molar-refractivity contribution in [3.8, 4) is 0 Å². The summed E-state index contributed by atoms with van der Waals surface area (Å²) in [4.78, 5) is 0. The molecule has 0 aliphatic heterocycles. The van der Waals surface area contributed by atoms with E-state index in [0.717, 1.165) is 17.7 Å². The van der Waals surface area contributed by atoms with Crippen LogP contribution in [-0.2, 0) is 6.42 Å². The van der Waals surface area contributed by atoms with E-state index in [2.05, 4.69) is 5.32 Å². The second-order valence-electron chi connectivity index (χ2n) is 5.14. The van der Waals surface area contributed by atoms with E-state index in [1.807, 2.05) is 19.9 Å². The van der Waals surface area contributed by atoms with Gasteiger partial charge in [-0.15, -0.1) is 0 Å². The number of furan rings is 1. The Hall–Kier alpha value is -1.68. The van der Waals surface area contributed by atoms with Gasteiger partial charge in [0.15, 0.2) is 11.6 Å². The van der Waals surface area contributed by atoms with E-state index in [0.29, 0.717) is 24.1 Å². The van der Waals surface area contributed by atoms with Crippen molar-refractivity contribution in [2.75, 3.05) is 6.54 Å². The molecule has 1 aromatic heterocycles. The number of hydrogen-bond donors (Lipinski definition) is 1. The maximum Gasteiger partial charge on any atom is 0.164 e. The summed E-state index contributed by atoms with van der Waals surface area (Å²) in [7, 11) is 0. The number of aryl methyl sites for hydroxylation is 2. The molecule has 1 heterocycles. The fraction of sp³-hybridized carbons (Fsp3) is 0.412. The molecule has 0 bridgehead atoms. The molecule has 0 saturated heterocycles. The topological polar surface area (TPSA) is 25.2 Å². The van der Waals surface area contributed by atoms with Gasteiger partial charge in [0.2, 0.25) is 0 Å². The third kappa shape index (κ3) is 3.16. The zero-order chi connectivity index (χ0) is 15.4. The lowest BCUT2D eigenvalue weighted by molar-refractivity contribution is 0.468. The number of hydrogen-bond acceptors (Lipinski definition) is 2. The Bertz CT molecular complexity index is 607. The van der Waals surface area contributed by atoms with Crippen molar-refractivity contribution in [2.45, 2.75) is 39.7 Å². The van der Waals surface area contributed by atoms with E-state index in [9.17, 15) is 8.78 Å². The molecule has 4 heteroatoms. The Morgan fingerprint density at radius 3 is 2.52 bits per heavy atom. The first-order valence-electron chi connectivity index (χ1n) is 7.34. The predicted molar refractivity (Wildman–Crippen MR) is 79.3 cm³/mol. The Morgan fingerprint density at radius 2 is 1.86 bits per heavy atom. The zero-order valence-corrected chi connectivity index (χ0v) is 12.7. The molecule has 21 heavy (non-hydrogen) atoms. The molecule has 1 aromatic carbocycles. The van der Waals surface area contributed by atoms with Gasteiger partial charge in [0, 0.05) is 17.5 Å². The first-order valence-corrected chi connectivity index (χ1v) is 7.34. The van der Waals surface area contributed by atoms with Crippen molar-refractivity contribution in [3.05, 3.63) is 58.5 Å². The minimum Gasteiger partial charge on any atom is -0.469 e. The first-order chi connectivity index (χ1) is 10.1. The molecule has 0 spiro atoms. The van der Waals surface area contributed by atoms with Crippen LogP contribution in [-0.4, -0.2) is 6.54 Å². The summed E-state index contributed by atoms with van der Waals surface area (Å²) in [5.74, 6) is -0.770. The van der Waals surface area contributed by atoms with Crippen LogP contribution in [0, 0.1) is 18.6 Å². The number of rotatable bonds is 6. The largest absolute Gasteiger partial charge is 0.469 e. The molecule has 1 unspecified atom stereocenters. The summed E-state index contributed by atoms with van der Waals surface area (Å²) in [5, 5.41) is 3.28. The highest BCUT2D eigenvalue weighted by atomic mass is 19.2. The number of benzene rings is 1. The number of nitrogens with one attached hydrogen (secondary N) is 1. The van der Waals surface area contributed by atoms with Crippen molar-refractivity contribution in [1.82, 2.24) is 5.32 Å². The van der Waals surface area contributed by atoms with E-state index in [4.69, 9.17) is 4.42 Å². The van der Waals surface area contributed by atoms with Crippen molar-refractivity contribution in [3.63, 3.8) is 0 Å². The molecule has 1 N–H and O–H groups in total. The SMILES string of the molecule is CCCNC(c1ccoc1CC)c1ccc(C)c(F)c1F. The molecule has 114 valence electrons. The third-order valence-electron chi connectivity index (χ3n) is 3.63. The maximum absolute atomic E-state index is 14.3. The third-order valence-corrected chi connectivity index (χ3v) is 3.63. The summed E-state index contributed by atoms with van der Waals surface area (Å²) in [5.41, 5.74) is 1.50. The molecule has 0 fully saturated rings. The molecule has 0 aliphatic carbocycles. The van der Waals surface area contributed by atoms with Crippen LogP contribution in [0.15, 0.2) is 28.9 Å². The summed E-state index contributed by atoms with van der Waals surface area (Å²) in [6, 6.07) is 4.69. The number of halogens is 2. The smallest absolute Gasteiger partial charge is 0.164 e. The van der Waals surface area contributed by atoms with Gasteiger partial charge in [0.05, 0.1) is 12.3 Å². The van der Waals surface area contributed by atoms with Crippen LogP contribution in [0.2, 0.25) is 0 Å². The van der Waals surface area contributed by atoms with E-state index in [1.54, 1.807) is 25.3 Å². The average molecular weight is 293 g/mol. The Kier molecular flexibility index (Phi) is 5.12. The van der Waals surface area contributed by atoms with Crippen molar-refractivity contribution in [2.24, 2.45) is 0 Å². The second kappa shape index (κ2) is 6.85. The van der Waals surface area contributed by atoms with Gasteiger partial charge in [-0.25, -0.2) is 8.78 Å². The van der Waals surface area contributed by atoms with Crippen LogP contribution >= 0.6 is 0 Å². The molecule has 2 rings (SSSR count). The van der Waals surface area contributed by atoms with Gasteiger partial charge in [-0.2, -0.15) is 0 Å². The van der Waals surface area contributed by atoms with Gasteiger partial charge in [0.1, 0.15) is 5.76 Å². The van der Waals surface area contributed by atoms with E-state index in [-0.39, 0.29) is 0 Å². The highest BCUT2D eigenvalue weighted by Gasteiger charge is 2.23. The molecule has 0 amide bonds. The van der Waals surface area contributed by atoms with Gasteiger partial charge in [0.25, 0.3) is 0 Å². The van der Waals surface area contributed by atoms with Crippen LogP contribution in [0.25, 0.3) is 0 Å². The van der Waals surface area contributed by atoms with Crippen LogP contribution in [0.3, 0.4) is 0 Å². The second-order valence-corrected chi connectivity index (χ2v) is 5.14. The lowest BCUT2D eigenvalue weighted by Crippen LogP contribution is -2.25. The Labute approximate surface area is 124 Å². The summed E-state index contributed by atoms with van der Waals surface area (Å²) < 4.78 is 33.6. The van der Waals surface area contributed by atoms with Crippen LogP contribution in [0.4, 0.5) is 8.78 Å². The molecule has 2 nitrogen and oxygen atoms in total. The van der Waals surface area contributed by atoms with E-state index < -0.39 is 17.7 Å². The predicted octanol–water partition coefficient (Wildman–Crippen LogP) is 4.52. The van der Waals surface area contributed by atoms with E-state index in [1.165, 1.54) is 0 Å². The van der Waals surface area contributed by atoms with Gasteiger partial charge < -0.3 is 9.73 Å². The van der Waals surface area contributed by atoms with Gasteiger partial charge >= 0.3 is 0 Å². The zero-order valence-electron chi connectivity index (χ0n) is 12.7. The van der Waals surface area contributed by atoms with Crippen LogP contribution in [0.5, 0.6) is 0 Å². The van der Waals surface area contributed by atoms with Crippen molar-refractivity contribution >= 4 is 0 Å². The maximum atomic E-state index is 14.3. The molecule has 0 aliphatic rings. The molecular formula is C17H21F2NO. The molecule has 0 saturated carbocycles. The highest BCUT2D eigenvalue weighted by Crippen LogP contribution is 2.30. The van der Waals surface area contributed by atoms with E-state index >= 15 is 0 Å².